The van der Waals surface area contributed by atoms with Crippen molar-refractivity contribution in [1.29, 1.82) is 0 Å². The first-order valence-electron chi connectivity index (χ1n) is 6.49. The third-order valence-electron chi connectivity index (χ3n) is 3.51. The van der Waals surface area contributed by atoms with Gasteiger partial charge in [0.1, 0.15) is 0 Å². The van der Waals surface area contributed by atoms with E-state index in [0.717, 1.165) is 21.5 Å². The molecule has 1 aliphatic rings. The lowest BCUT2D eigenvalue weighted by atomic mass is 10.1. The average Bonchev–Trinajstić information content (AvgIpc) is 3.02. The van der Waals surface area contributed by atoms with Crippen molar-refractivity contribution in [3.63, 3.8) is 0 Å². The third-order valence-corrected chi connectivity index (χ3v) is 4.35. The molecule has 0 bridgehead atoms. The minimum Gasteiger partial charge on any atom is -0.330 e. The molecule has 0 saturated carbocycles. The summed E-state index contributed by atoms with van der Waals surface area (Å²) in [5, 5.41) is 8.75. The Bertz CT molecular complexity index is 724. The van der Waals surface area contributed by atoms with E-state index in [-0.39, 0.29) is 0 Å². The maximum absolute atomic E-state index is 4.48. The third kappa shape index (κ3) is 1.90. The summed E-state index contributed by atoms with van der Waals surface area (Å²) in [6, 6.07) is 6.62. The molecule has 4 rings (SSSR count). The molecular weight excluding hydrogens is 256 g/mol. The van der Waals surface area contributed by atoms with Gasteiger partial charge in [0.15, 0.2) is 0 Å². The summed E-state index contributed by atoms with van der Waals surface area (Å²) < 4.78 is 1.83. The van der Waals surface area contributed by atoms with E-state index in [1.165, 1.54) is 30.4 Å². The Morgan fingerprint density at radius 3 is 3.05 bits per heavy atom. The second-order valence-corrected chi connectivity index (χ2v) is 5.93. The van der Waals surface area contributed by atoms with Crippen LogP contribution < -0.4 is 5.32 Å². The molecule has 1 aliphatic carbocycles. The lowest BCUT2D eigenvalue weighted by Gasteiger charge is -2.05. The molecule has 2 heterocycles. The fourth-order valence-electron chi connectivity index (χ4n) is 2.63. The molecule has 1 N–H and O–H groups in total. The van der Waals surface area contributed by atoms with E-state index < -0.39 is 0 Å². The molecule has 0 aliphatic heterocycles. The standard InChI is InChI=1S/C14H14N4S/c1-9-8-18-14(15-9)19-13(17-18)16-12-6-5-10-3-2-4-11(10)7-12/h5-8H,2-4H2,1H3,(H,16,17). The van der Waals surface area contributed by atoms with Gasteiger partial charge in [-0.1, -0.05) is 17.4 Å². The fourth-order valence-corrected chi connectivity index (χ4v) is 3.48. The van der Waals surface area contributed by atoms with Gasteiger partial charge >= 0.3 is 0 Å². The largest absolute Gasteiger partial charge is 0.330 e. The van der Waals surface area contributed by atoms with Gasteiger partial charge in [-0.15, -0.1) is 5.10 Å². The van der Waals surface area contributed by atoms with Gasteiger partial charge in [-0.3, -0.25) is 0 Å². The summed E-state index contributed by atoms with van der Waals surface area (Å²) in [5.74, 6) is 0. The molecule has 96 valence electrons. The van der Waals surface area contributed by atoms with Crippen molar-refractivity contribution in [2.45, 2.75) is 26.2 Å². The number of hydrogen-bond donors (Lipinski definition) is 1. The van der Waals surface area contributed by atoms with Crippen molar-refractivity contribution < 1.29 is 0 Å². The highest BCUT2D eigenvalue weighted by Gasteiger charge is 2.12. The average molecular weight is 270 g/mol. The summed E-state index contributed by atoms with van der Waals surface area (Å²) in [6.07, 6.45) is 5.65. The van der Waals surface area contributed by atoms with Gasteiger partial charge in [0.25, 0.3) is 0 Å². The van der Waals surface area contributed by atoms with E-state index in [1.54, 1.807) is 11.3 Å². The van der Waals surface area contributed by atoms with E-state index in [9.17, 15) is 0 Å². The lowest BCUT2D eigenvalue weighted by molar-refractivity contribution is 0.912. The zero-order valence-corrected chi connectivity index (χ0v) is 11.5. The van der Waals surface area contributed by atoms with Crippen molar-refractivity contribution in [3.8, 4) is 0 Å². The van der Waals surface area contributed by atoms with Crippen LogP contribution in [0, 0.1) is 6.92 Å². The van der Waals surface area contributed by atoms with Crippen molar-refractivity contribution >= 4 is 27.1 Å². The number of aryl methyl sites for hydroxylation is 3. The topological polar surface area (TPSA) is 42.2 Å². The summed E-state index contributed by atoms with van der Waals surface area (Å²) in [6.45, 7) is 1.98. The molecule has 0 saturated heterocycles. The summed E-state index contributed by atoms with van der Waals surface area (Å²) in [4.78, 5) is 5.34. The second-order valence-electron chi connectivity index (χ2n) is 4.98. The molecule has 0 amide bonds. The number of nitrogens with one attached hydrogen (secondary N) is 1. The Hall–Kier alpha value is -1.88. The molecule has 0 spiro atoms. The molecule has 0 atom stereocenters. The Balaban J connectivity index is 1.64. The Morgan fingerprint density at radius 2 is 2.16 bits per heavy atom. The molecule has 2 aromatic heterocycles. The van der Waals surface area contributed by atoms with Crippen LogP contribution in [0.5, 0.6) is 0 Å². The van der Waals surface area contributed by atoms with Crippen LogP contribution in [0.25, 0.3) is 4.96 Å². The molecule has 19 heavy (non-hydrogen) atoms. The predicted octanol–water partition coefficient (Wildman–Crippen LogP) is 3.33. The van der Waals surface area contributed by atoms with Gasteiger partial charge in [0.05, 0.1) is 11.9 Å². The first-order valence-corrected chi connectivity index (χ1v) is 7.31. The quantitative estimate of drug-likeness (QED) is 0.776. The minimum atomic E-state index is 0.889. The molecule has 5 heteroatoms. The number of fused-ring (bicyclic) bond motifs is 2. The summed E-state index contributed by atoms with van der Waals surface area (Å²) >= 11 is 1.58. The van der Waals surface area contributed by atoms with E-state index >= 15 is 0 Å². The number of imidazole rings is 1. The van der Waals surface area contributed by atoms with Gasteiger partial charge in [0.2, 0.25) is 10.1 Å². The van der Waals surface area contributed by atoms with Gasteiger partial charge in [0, 0.05) is 5.69 Å². The van der Waals surface area contributed by atoms with Crippen LogP contribution in [0.15, 0.2) is 24.4 Å². The molecule has 3 aromatic rings. The van der Waals surface area contributed by atoms with Crippen LogP contribution in [-0.2, 0) is 12.8 Å². The Kier molecular flexibility index (Phi) is 2.35. The molecule has 0 fully saturated rings. The van der Waals surface area contributed by atoms with Crippen LogP contribution in [-0.4, -0.2) is 14.6 Å². The monoisotopic (exact) mass is 270 g/mol. The second kappa shape index (κ2) is 4.06. The Morgan fingerprint density at radius 1 is 1.26 bits per heavy atom. The molecule has 0 unspecified atom stereocenters. The van der Waals surface area contributed by atoms with E-state index in [1.807, 2.05) is 17.6 Å². The maximum atomic E-state index is 4.48. The number of hydrogen-bond acceptors (Lipinski definition) is 4. The van der Waals surface area contributed by atoms with E-state index in [4.69, 9.17) is 0 Å². The van der Waals surface area contributed by atoms with Crippen molar-refractivity contribution in [3.05, 3.63) is 41.2 Å². The molecular formula is C14H14N4S. The number of nitrogens with zero attached hydrogens (tertiary/aromatic N) is 3. The predicted molar refractivity (Wildman–Crippen MR) is 77.4 cm³/mol. The van der Waals surface area contributed by atoms with Gasteiger partial charge in [-0.2, -0.15) is 0 Å². The first-order chi connectivity index (χ1) is 9.28. The van der Waals surface area contributed by atoms with Gasteiger partial charge in [-0.05, 0) is 49.4 Å². The van der Waals surface area contributed by atoms with Crippen LogP contribution in [0.3, 0.4) is 0 Å². The van der Waals surface area contributed by atoms with E-state index in [2.05, 4.69) is 33.6 Å². The summed E-state index contributed by atoms with van der Waals surface area (Å²) in [7, 11) is 0. The normalized spacial score (nSPS) is 13.9. The molecule has 1 aromatic carbocycles. The number of anilines is 2. The van der Waals surface area contributed by atoms with Crippen LogP contribution in [0.2, 0.25) is 0 Å². The van der Waals surface area contributed by atoms with Crippen LogP contribution in [0.4, 0.5) is 10.8 Å². The highest BCUT2D eigenvalue weighted by molar-refractivity contribution is 7.20. The minimum absolute atomic E-state index is 0.889. The smallest absolute Gasteiger partial charge is 0.214 e. The zero-order chi connectivity index (χ0) is 12.8. The number of aromatic nitrogens is 3. The summed E-state index contributed by atoms with van der Waals surface area (Å²) in [5.41, 5.74) is 5.09. The van der Waals surface area contributed by atoms with Crippen LogP contribution >= 0.6 is 11.3 Å². The van der Waals surface area contributed by atoms with Gasteiger partial charge < -0.3 is 5.32 Å². The highest BCUT2D eigenvalue weighted by Crippen LogP contribution is 2.28. The van der Waals surface area contributed by atoms with Crippen LogP contribution in [0.1, 0.15) is 23.2 Å². The van der Waals surface area contributed by atoms with Crippen molar-refractivity contribution in [2.75, 3.05) is 5.32 Å². The highest BCUT2D eigenvalue weighted by atomic mass is 32.1. The Labute approximate surface area is 115 Å². The van der Waals surface area contributed by atoms with Gasteiger partial charge in [-0.25, -0.2) is 9.50 Å². The molecule has 0 radical (unpaired) electrons. The van der Waals surface area contributed by atoms with E-state index in [0.29, 0.717) is 0 Å². The SMILES string of the molecule is Cc1cn2nc(Nc3ccc4c(c3)CCC4)sc2n1. The maximum Gasteiger partial charge on any atom is 0.214 e. The first kappa shape index (κ1) is 11.0. The fraction of sp³-hybridized carbons (Fsp3) is 0.286. The number of rotatable bonds is 2. The van der Waals surface area contributed by atoms with Crippen molar-refractivity contribution in [2.24, 2.45) is 0 Å². The zero-order valence-electron chi connectivity index (χ0n) is 10.7. The number of benzene rings is 1. The lowest BCUT2D eigenvalue weighted by Crippen LogP contribution is -1.92. The molecule has 4 nitrogen and oxygen atoms in total. The van der Waals surface area contributed by atoms with Crippen molar-refractivity contribution in [1.82, 2.24) is 14.6 Å².